The molecule has 72 valence electrons. The molecule has 0 atom stereocenters. The van der Waals surface area contributed by atoms with Crippen LogP contribution < -0.4 is 5.73 Å². The molecule has 1 aromatic carbocycles. The van der Waals surface area contributed by atoms with E-state index in [1.807, 2.05) is 0 Å². The smallest absolute Gasteiger partial charge is 0.337 e. The molecule has 0 saturated carbocycles. The number of carboxylic acids is 1. The minimum Gasteiger partial charge on any atom is -0.478 e. The summed E-state index contributed by atoms with van der Waals surface area (Å²) in [5.74, 6) is -0.940. The number of nitrogen functional groups attached to an aromatic ring is 1. The molecule has 0 bridgehead atoms. The van der Waals surface area contributed by atoms with E-state index in [0.717, 1.165) is 5.39 Å². The summed E-state index contributed by atoms with van der Waals surface area (Å²) >= 11 is 5.46. The second kappa shape index (κ2) is 3.18. The van der Waals surface area contributed by atoms with E-state index < -0.39 is 5.97 Å². The van der Waals surface area contributed by atoms with Crippen LogP contribution in [0.15, 0.2) is 22.4 Å². The van der Waals surface area contributed by atoms with Gasteiger partial charge in [0, 0.05) is 5.39 Å². The quantitative estimate of drug-likeness (QED) is 0.653. The Labute approximate surface area is 89.6 Å². The third kappa shape index (κ3) is 1.25. The molecule has 0 fully saturated rings. The predicted molar refractivity (Wildman–Crippen MR) is 60.4 cm³/mol. The maximum absolute atomic E-state index is 10.9. The Bertz CT molecular complexity index is 519. The Balaban J connectivity index is 2.88. The van der Waals surface area contributed by atoms with Crippen molar-refractivity contribution < 1.29 is 9.90 Å². The van der Waals surface area contributed by atoms with Crippen LogP contribution in [0, 0.1) is 0 Å². The third-order valence-electron chi connectivity index (χ3n) is 1.96. The van der Waals surface area contributed by atoms with Crippen molar-refractivity contribution in [2.75, 3.05) is 5.73 Å². The predicted octanol–water partition coefficient (Wildman–Crippen LogP) is 2.47. The van der Waals surface area contributed by atoms with Gasteiger partial charge in [-0.3, -0.25) is 0 Å². The van der Waals surface area contributed by atoms with Crippen molar-refractivity contribution in [2.45, 2.75) is 4.21 Å². The molecule has 1 heterocycles. The number of nitrogens with two attached hydrogens (primary N) is 1. The highest BCUT2D eigenvalue weighted by Gasteiger charge is 2.13. The second-order valence-electron chi connectivity index (χ2n) is 2.81. The van der Waals surface area contributed by atoms with E-state index in [1.165, 1.54) is 11.3 Å². The van der Waals surface area contributed by atoms with Gasteiger partial charge in [-0.15, -0.1) is 24.0 Å². The number of anilines is 1. The Morgan fingerprint density at radius 1 is 1.50 bits per heavy atom. The lowest BCUT2D eigenvalue weighted by Crippen LogP contribution is -1.95. The standard InChI is InChI=1S/C9H7NO2S2/c10-6-4-2-1-3-5(8(11)12)7(4)14-9(6)13/h1-3,13H,10H2,(H,11,12). The molecule has 0 amide bonds. The van der Waals surface area contributed by atoms with Crippen LogP contribution in [0.3, 0.4) is 0 Å². The molecular weight excluding hydrogens is 218 g/mol. The molecule has 0 radical (unpaired) electrons. The van der Waals surface area contributed by atoms with Gasteiger partial charge in [-0.1, -0.05) is 12.1 Å². The summed E-state index contributed by atoms with van der Waals surface area (Å²) in [6.07, 6.45) is 0. The molecule has 2 rings (SSSR count). The SMILES string of the molecule is Nc1c(S)sc2c(C(=O)O)cccc12. The first-order chi connectivity index (χ1) is 6.61. The van der Waals surface area contributed by atoms with E-state index in [0.29, 0.717) is 14.6 Å². The molecule has 0 unspecified atom stereocenters. The van der Waals surface area contributed by atoms with E-state index in [9.17, 15) is 4.79 Å². The second-order valence-corrected chi connectivity index (χ2v) is 4.58. The van der Waals surface area contributed by atoms with Crippen LogP contribution in [-0.4, -0.2) is 11.1 Å². The number of thiol groups is 1. The summed E-state index contributed by atoms with van der Waals surface area (Å²) in [6.45, 7) is 0. The minimum atomic E-state index is -0.940. The number of carboxylic acid groups (broad SMARTS) is 1. The van der Waals surface area contributed by atoms with Crippen LogP contribution >= 0.6 is 24.0 Å². The van der Waals surface area contributed by atoms with Gasteiger partial charge in [-0.2, -0.15) is 0 Å². The summed E-state index contributed by atoms with van der Waals surface area (Å²) in [4.78, 5) is 10.9. The number of thiophene rings is 1. The molecular formula is C9H7NO2S2. The molecule has 0 aliphatic heterocycles. The van der Waals surface area contributed by atoms with Crippen molar-refractivity contribution in [2.24, 2.45) is 0 Å². The minimum absolute atomic E-state index is 0.277. The Hall–Kier alpha value is -1.20. The fourth-order valence-corrected chi connectivity index (χ4v) is 2.66. The maximum atomic E-state index is 10.9. The molecule has 5 heteroatoms. The normalized spacial score (nSPS) is 10.6. The van der Waals surface area contributed by atoms with Gasteiger partial charge in [-0.25, -0.2) is 4.79 Å². The van der Waals surface area contributed by atoms with Crippen molar-refractivity contribution >= 4 is 45.7 Å². The molecule has 0 saturated heterocycles. The van der Waals surface area contributed by atoms with Crippen molar-refractivity contribution in [1.82, 2.24) is 0 Å². The van der Waals surface area contributed by atoms with Crippen molar-refractivity contribution in [1.29, 1.82) is 0 Å². The van der Waals surface area contributed by atoms with Gasteiger partial charge in [0.25, 0.3) is 0 Å². The Morgan fingerprint density at radius 3 is 2.86 bits per heavy atom. The number of aromatic carboxylic acids is 1. The maximum Gasteiger partial charge on any atom is 0.337 e. The number of rotatable bonds is 1. The van der Waals surface area contributed by atoms with E-state index >= 15 is 0 Å². The van der Waals surface area contributed by atoms with Crippen molar-refractivity contribution in [3.63, 3.8) is 0 Å². The van der Waals surface area contributed by atoms with Gasteiger partial charge in [0.05, 0.1) is 20.2 Å². The van der Waals surface area contributed by atoms with Gasteiger partial charge >= 0.3 is 5.97 Å². The lowest BCUT2D eigenvalue weighted by atomic mass is 10.1. The van der Waals surface area contributed by atoms with Crippen molar-refractivity contribution in [3.05, 3.63) is 23.8 Å². The molecule has 1 aromatic heterocycles. The fraction of sp³-hybridized carbons (Fsp3) is 0. The average molecular weight is 225 g/mol. The summed E-state index contributed by atoms with van der Waals surface area (Å²) < 4.78 is 1.34. The van der Waals surface area contributed by atoms with Crippen LogP contribution in [0.2, 0.25) is 0 Å². The van der Waals surface area contributed by atoms with Gasteiger partial charge in [0.2, 0.25) is 0 Å². The van der Waals surface area contributed by atoms with Gasteiger partial charge in [-0.05, 0) is 6.07 Å². The van der Waals surface area contributed by atoms with Gasteiger partial charge in [0.15, 0.2) is 0 Å². The third-order valence-corrected chi connectivity index (χ3v) is 3.54. The number of carbonyl (C=O) groups is 1. The topological polar surface area (TPSA) is 63.3 Å². The van der Waals surface area contributed by atoms with Crippen LogP contribution in [0.4, 0.5) is 5.69 Å². The van der Waals surface area contributed by atoms with E-state index in [4.69, 9.17) is 10.8 Å². The van der Waals surface area contributed by atoms with Crippen LogP contribution in [-0.2, 0) is 0 Å². The van der Waals surface area contributed by atoms with E-state index in [2.05, 4.69) is 12.6 Å². The zero-order valence-electron chi connectivity index (χ0n) is 7.02. The van der Waals surface area contributed by atoms with Gasteiger partial charge < -0.3 is 10.8 Å². The van der Waals surface area contributed by atoms with E-state index in [-0.39, 0.29) is 5.56 Å². The molecule has 3 N–H and O–H groups in total. The highest BCUT2D eigenvalue weighted by molar-refractivity contribution is 7.83. The Morgan fingerprint density at radius 2 is 2.21 bits per heavy atom. The fourth-order valence-electron chi connectivity index (χ4n) is 1.29. The zero-order chi connectivity index (χ0) is 10.3. The lowest BCUT2D eigenvalue weighted by Gasteiger charge is -1.95. The molecule has 0 aliphatic rings. The molecule has 2 aromatic rings. The molecule has 14 heavy (non-hydrogen) atoms. The van der Waals surface area contributed by atoms with Crippen LogP contribution in [0.25, 0.3) is 10.1 Å². The highest BCUT2D eigenvalue weighted by atomic mass is 32.2. The van der Waals surface area contributed by atoms with Crippen molar-refractivity contribution in [3.8, 4) is 0 Å². The summed E-state index contributed by atoms with van der Waals surface area (Å²) in [6, 6.07) is 5.04. The summed E-state index contributed by atoms with van der Waals surface area (Å²) in [5.41, 5.74) is 6.58. The first-order valence-electron chi connectivity index (χ1n) is 3.84. The number of hydrogen-bond donors (Lipinski definition) is 3. The first kappa shape index (κ1) is 9.36. The number of benzene rings is 1. The van der Waals surface area contributed by atoms with Gasteiger partial charge in [0.1, 0.15) is 0 Å². The van der Waals surface area contributed by atoms with E-state index in [1.54, 1.807) is 18.2 Å². The summed E-state index contributed by atoms with van der Waals surface area (Å²) in [7, 11) is 0. The highest BCUT2D eigenvalue weighted by Crippen LogP contribution is 2.37. The lowest BCUT2D eigenvalue weighted by molar-refractivity contribution is 0.0699. The molecule has 3 nitrogen and oxygen atoms in total. The summed E-state index contributed by atoms with van der Waals surface area (Å²) in [5, 5.41) is 9.69. The number of hydrogen-bond acceptors (Lipinski definition) is 4. The van der Waals surface area contributed by atoms with Crippen LogP contribution in [0.5, 0.6) is 0 Å². The van der Waals surface area contributed by atoms with Crippen LogP contribution in [0.1, 0.15) is 10.4 Å². The first-order valence-corrected chi connectivity index (χ1v) is 5.11. The molecule has 0 spiro atoms. The number of fused-ring (bicyclic) bond motifs is 1. The average Bonchev–Trinajstić information content (AvgIpc) is 2.43. The monoisotopic (exact) mass is 225 g/mol. The Kier molecular flexibility index (Phi) is 2.13. The molecule has 0 aliphatic carbocycles. The largest absolute Gasteiger partial charge is 0.478 e. The zero-order valence-corrected chi connectivity index (χ0v) is 8.73.